The molecule has 0 fully saturated rings. The highest BCUT2D eigenvalue weighted by molar-refractivity contribution is 7.13. The fourth-order valence-corrected chi connectivity index (χ4v) is 1.80. The zero-order chi connectivity index (χ0) is 9.97. The number of nitrogens with zero attached hydrogens (tertiary/aromatic N) is 3. The fourth-order valence-electron chi connectivity index (χ4n) is 1.02. The van der Waals surface area contributed by atoms with Gasteiger partial charge in [0, 0.05) is 23.3 Å². The first-order valence-corrected chi connectivity index (χ1v) is 5.02. The summed E-state index contributed by atoms with van der Waals surface area (Å²) in [6.07, 6.45) is 3.48. The Kier molecular flexibility index (Phi) is 2.51. The zero-order valence-electron chi connectivity index (χ0n) is 7.64. The summed E-state index contributed by atoms with van der Waals surface area (Å²) in [6, 6.07) is 0. The van der Waals surface area contributed by atoms with Crippen LogP contribution in [0.2, 0.25) is 0 Å². The third-order valence-electron chi connectivity index (χ3n) is 1.74. The monoisotopic (exact) mass is 207 g/mol. The molecular weight excluding hydrogens is 198 g/mol. The van der Waals surface area contributed by atoms with E-state index in [2.05, 4.69) is 15.0 Å². The molecule has 0 saturated carbocycles. The quantitative estimate of drug-likeness (QED) is 0.808. The molecule has 14 heavy (non-hydrogen) atoms. The first-order valence-electron chi connectivity index (χ1n) is 4.14. The SMILES string of the molecule is Cc1ncc(-c2nc(CO)cs2)cn1. The van der Waals surface area contributed by atoms with Crippen molar-refractivity contribution in [1.82, 2.24) is 15.0 Å². The van der Waals surface area contributed by atoms with Crippen molar-refractivity contribution < 1.29 is 5.11 Å². The fraction of sp³-hybridized carbons (Fsp3) is 0.222. The molecule has 0 atom stereocenters. The van der Waals surface area contributed by atoms with Crippen LogP contribution in [0.4, 0.5) is 0 Å². The van der Waals surface area contributed by atoms with Crippen LogP contribution in [0.1, 0.15) is 11.5 Å². The molecule has 0 amide bonds. The molecule has 2 aromatic rings. The summed E-state index contributed by atoms with van der Waals surface area (Å²) < 4.78 is 0. The molecule has 2 rings (SSSR count). The first kappa shape index (κ1) is 9.23. The maximum absolute atomic E-state index is 8.85. The Morgan fingerprint density at radius 2 is 2.07 bits per heavy atom. The van der Waals surface area contributed by atoms with E-state index < -0.39 is 0 Å². The van der Waals surface area contributed by atoms with Crippen LogP contribution in [-0.2, 0) is 6.61 Å². The Morgan fingerprint density at radius 3 is 2.64 bits per heavy atom. The van der Waals surface area contributed by atoms with Gasteiger partial charge in [0.05, 0.1) is 12.3 Å². The van der Waals surface area contributed by atoms with Gasteiger partial charge in [-0.15, -0.1) is 11.3 Å². The van der Waals surface area contributed by atoms with Crippen LogP contribution in [0.5, 0.6) is 0 Å². The summed E-state index contributed by atoms with van der Waals surface area (Å²) in [6.45, 7) is 1.81. The molecule has 4 nitrogen and oxygen atoms in total. The first-order chi connectivity index (χ1) is 6.79. The molecule has 0 unspecified atom stereocenters. The lowest BCUT2D eigenvalue weighted by atomic mass is 10.3. The van der Waals surface area contributed by atoms with E-state index in [4.69, 9.17) is 5.11 Å². The summed E-state index contributed by atoms with van der Waals surface area (Å²) in [7, 11) is 0. The number of aryl methyl sites for hydroxylation is 1. The van der Waals surface area contributed by atoms with E-state index in [1.54, 1.807) is 12.4 Å². The minimum atomic E-state index is -0.0246. The van der Waals surface area contributed by atoms with Crippen molar-refractivity contribution in [3.63, 3.8) is 0 Å². The number of aliphatic hydroxyl groups excluding tert-OH is 1. The molecule has 2 heterocycles. The second-order valence-electron chi connectivity index (χ2n) is 2.82. The van der Waals surface area contributed by atoms with E-state index in [0.717, 1.165) is 16.4 Å². The second kappa shape index (κ2) is 3.81. The van der Waals surface area contributed by atoms with E-state index in [-0.39, 0.29) is 6.61 Å². The van der Waals surface area contributed by atoms with Crippen molar-refractivity contribution in [3.8, 4) is 10.6 Å². The predicted octanol–water partition coefficient (Wildman–Crippen LogP) is 1.40. The smallest absolute Gasteiger partial charge is 0.126 e. The molecule has 0 radical (unpaired) electrons. The van der Waals surface area contributed by atoms with Crippen LogP contribution in [0.3, 0.4) is 0 Å². The average Bonchev–Trinajstić information content (AvgIpc) is 2.67. The van der Waals surface area contributed by atoms with Crippen LogP contribution in [0.25, 0.3) is 10.6 Å². The Bertz CT molecular complexity index is 424. The summed E-state index contributed by atoms with van der Waals surface area (Å²) in [4.78, 5) is 12.4. The average molecular weight is 207 g/mol. The minimum absolute atomic E-state index is 0.0246. The summed E-state index contributed by atoms with van der Waals surface area (Å²) in [5, 5.41) is 11.5. The van der Waals surface area contributed by atoms with Crippen molar-refractivity contribution in [2.24, 2.45) is 0 Å². The third-order valence-corrected chi connectivity index (χ3v) is 2.68. The highest BCUT2D eigenvalue weighted by Gasteiger charge is 2.04. The largest absolute Gasteiger partial charge is 0.390 e. The van der Waals surface area contributed by atoms with E-state index in [0.29, 0.717) is 5.69 Å². The lowest BCUT2D eigenvalue weighted by Crippen LogP contribution is -1.88. The second-order valence-corrected chi connectivity index (χ2v) is 3.68. The molecule has 0 bridgehead atoms. The van der Waals surface area contributed by atoms with Crippen LogP contribution in [0.15, 0.2) is 17.8 Å². The molecule has 1 N–H and O–H groups in total. The van der Waals surface area contributed by atoms with Crippen LogP contribution < -0.4 is 0 Å². The van der Waals surface area contributed by atoms with Crippen molar-refractivity contribution in [2.45, 2.75) is 13.5 Å². The molecule has 0 saturated heterocycles. The van der Waals surface area contributed by atoms with Gasteiger partial charge in [0.1, 0.15) is 10.8 Å². The lowest BCUT2D eigenvalue weighted by molar-refractivity contribution is 0.278. The summed E-state index contributed by atoms with van der Waals surface area (Å²) in [5.41, 5.74) is 1.57. The van der Waals surface area contributed by atoms with Crippen LogP contribution >= 0.6 is 11.3 Å². The van der Waals surface area contributed by atoms with Crippen molar-refractivity contribution in [2.75, 3.05) is 0 Å². The van der Waals surface area contributed by atoms with Gasteiger partial charge in [-0.3, -0.25) is 0 Å². The van der Waals surface area contributed by atoms with Gasteiger partial charge >= 0.3 is 0 Å². The molecule has 0 spiro atoms. The number of rotatable bonds is 2. The van der Waals surface area contributed by atoms with E-state index in [1.807, 2.05) is 12.3 Å². The van der Waals surface area contributed by atoms with Crippen molar-refractivity contribution in [1.29, 1.82) is 0 Å². The minimum Gasteiger partial charge on any atom is -0.390 e. The molecule has 72 valence electrons. The molecular formula is C9H9N3OS. The van der Waals surface area contributed by atoms with Gasteiger partial charge in [-0.05, 0) is 6.92 Å². The number of aromatic nitrogens is 3. The number of thiazole rings is 1. The maximum atomic E-state index is 8.85. The Labute approximate surface area is 85.3 Å². The number of aliphatic hydroxyl groups is 1. The van der Waals surface area contributed by atoms with Gasteiger partial charge in [-0.25, -0.2) is 15.0 Å². The number of hydrogen-bond donors (Lipinski definition) is 1. The molecule has 0 aliphatic carbocycles. The summed E-state index contributed by atoms with van der Waals surface area (Å²) in [5.74, 6) is 0.743. The standard InChI is InChI=1S/C9H9N3OS/c1-6-10-2-7(3-11-6)9-12-8(4-13)5-14-9/h2-3,5,13H,4H2,1H3. The molecule has 0 aromatic carbocycles. The Hall–Kier alpha value is -1.33. The normalized spacial score (nSPS) is 10.4. The lowest BCUT2D eigenvalue weighted by Gasteiger charge is -1.94. The third kappa shape index (κ3) is 1.78. The maximum Gasteiger partial charge on any atom is 0.126 e. The van der Waals surface area contributed by atoms with Gasteiger partial charge in [0.2, 0.25) is 0 Å². The summed E-state index contributed by atoms with van der Waals surface area (Å²) >= 11 is 1.48. The topological polar surface area (TPSA) is 58.9 Å². The van der Waals surface area contributed by atoms with Crippen molar-refractivity contribution in [3.05, 3.63) is 29.3 Å². The van der Waals surface area contributed by atoms with Gasteiger partial charge in [-0.1, -0.05) is 0 Å². The molecule has 5 heteroatoms. The van der Waals surface area contributed by atoms with Crippen molar-refractivity contribution >= 4 is 11.3 Å². The van der Waals surface area contributed by atoms with Gasteiger partial charge in [0.25, 0.3) is 0 Å². The van der Waals surface area contributed by atoms with Gasteiger partial charge < -0.3 is 5.11 Å². The van der Waals surface area contributed by atoms with Crippen LogP contribution in [0, 0.1) is 6.92 Å². The molecule has 0 aliphatic heterocycles. The molecule has 2 aromatic heterocycles. The van der Waals surface area contributed by atoms with Crippen LogP contribution in [-0.4, -0.2) is 20.1 Å². The number of hydrogen-bond acceptors (Lipinski definition) is 5. The van der Waals surface area contributed by atoms with E-state index in [9.17, 15) is 0 Å². The zero-order valence-corrected chi connectivity index (χ0v) is 8.45. The molecule has 0 aliphatic rings. The Balaban J connectivity index is 2.34. The van der Waals surface area contributed by atoms with E-state index in [1.165, 1.54) is 11.3 Å². The van der Waals surface area contributed by atoms with Gasteiger partial charge in [-0.2, -0.15) is 0 Å². The highest BCUT2D eigenvalue weighted by atomic mass is 32.1. The van der Waals surface area contributed by atoms with Gasteiger partial charge in [0.15, 0.2) is 0 Å². The Morgan fingerprint density at radius 1 is 1.36 bits per heavy atom. The van der Waals surface area contributed by atoms with E-state index >= 15 is 0 Å². The predicted molar refractivity (Wildman–Crippen MR) is 53.8 cm³/mol. The highest BCUT2D eigenvalue weighted by Crippen LogP contribution is 2.22.